The highest BCUT2D eigenvalue weighted by Crippen LogP contribution is 2.05. The summed E-state index contributed by atoms with van der Waals surface area (Å²) in [5.74, 6) is -0.0444. The smallest absolute Gasteiger partial charge is 0.234 e. The number of nitrogens with one attached hydrogen (secondary N) is 2. The summed E-state index contributed by atoms with van der Waals surface area (Å²) in [5.41, 5.74) is 0.893. The molecule has 0 atom stereocenters. The highest BCUT2D eigenvalue weighted by molar-refractivity contribution is 9.10. The zero-order valence-electron chi connectivity index (χ0n) is 9.70. The van der Waals surface area contributed by atoms with Crippen molar-refractivity contribution in [3.8, 4) is 0 Å². The van der Waals surface area contributed by atoms with E-state index >= 15 is 0 Å². The van der Waals surface area contributed by atoms with Crippen LogP contribution in [0.3, 0.4) is 0 Å². The van der Waals surface area contributed by atoms with Crippen molar-refractivity contribution < 1.29 is 9.53 Å². The van der Waals surface area contributed by atoms with E-state index in [1.54, 1.807) is 7.11 Å². The Balaban J connectivity index is 2.17. The first-order valence-corrected chi connectivity index (χ1v) is 6.09. The first-order chi connectivity index (χ1) is 8.22. The van der Waals surface area contributed by atoms with Gasteiger partial charge in [-0.1, -0.05) is 6.07 Å². The van der Waals surface area contributed by atoms with Crippen LogP contribution in [0.5, 0.6) is 0 Å². The molecule has 2 N–H and O–H groups in total. The number of pyridine rings is 1. The van der Waals surface area contributed by atoms with E-state index in [0.717, 1.165) is 10.3 Å². The Hall–Kier alpha value is -0.980. The van der Waals surface area contributed by atoms with Crippen molar-refractivity contribution in [2.75, 3.05) is 26.8 Å². The van der Waals surface area contributed by atoms with Gasteiger partial charge in [-0.3, -0.25) is 4.79 Å². The lowest BCUT2D eigenvalue weighted by Crippen LogP contribution is -2.35. The molecule has 1 rings (SSSR count). The Labute approximate surface area is 109 Å². The number of hydrogen-bond donors (Lipinski definition) is 2. The Kier molecular flexibility index (Phi) is 6.76. The van der Waals surface area contributed by atoms with E-state index in [9.17, 15) is 4.79 Å². The second kappa shape index (κ2) is 8.16. The van der Waals surface area contributed by atoms with Crippen LogP contribution in [-0.4, -0.2) is 37.7 Å². The minimum Gasteiger partial charge on any atom is -0.383 e. The van der Waals surface area contributed by atoms with Crippen LogP contribution in [0.15, 0.2) is 22.8 Å². The maximum Gasteiger partial charge on any atom is 0.234 e. The van der Waals surface area contributed by atoms with Gasteiger partial charge in [0.2, 0.25) is 5.91 Å². The van der Waals surface area contributed by atoms with Crippen LogP contribution in [0.2, 0.25) is 0 Å². The van der Waals surface area contributed by atoms with Crippen LogP contribution in [-0.2, 0) is 16.1 Å². The molecule has 5 nitrogen and oxygen atoms in total. The molecule has 0 saturated carbocycles. The Morgan fingerprint density at radius 2 is 2.35 bits per heavy atom. The minimum absolute atomic E-state index is 0.0444. The molecule has 1 heterocycles. The Bertz CT molecular complexity index is 360. The van der Waals surface area contributed by atoms with Crippen LogP contribution in [0.25, 0.3) is 0 Å². The molecule has 1 aromatic rings. The number of methoxy groups -OCH3 is 1. The Morgan fingerprint density at radius 1 is 1.53 bits per heavy atom. The first kappa shape index (κ1) is 14.1. The van der Waals surface area contributed by atoms with E-state index in [0.29, 0.717) is 19.7 Å². The highest BCUT2D eigenvalue weighted by Gasteiger charge is 2.00. The molecule has 0 radical (unpaired) electrons. The number of carbonyl (C=O) groups is 1. The number of nitrogens with zero attached hydrogens (tertiary/aromatic N) is 1. The van der Waals surface area contributed by atoms with E-state index < -0.39 is 0 Å². The molecule has 6 heteroatoms. The fourth-order valence-electron chi connectivity index (χ4n) is 1.21. The molecule has 0 unspecified atom stereocenters. The number of carbonyl (C=O) groups excluding carboxylic acids is 1. The summed E-state index contributed by atoms with van der Waals surface area (Å²) in [6, 6.07) is 5.67. The van der Waals surface area contributed by atoms with E-state index in [4.69, 9.17) is 4.74 Å². The van der Waals surface area contributed by atoms with Crippen molar-refractivity contribution in [1.29, 1.82) is 0 Å². The summed E-state index contributed by atoms with van der Waals surface area (Å²) >= 11 is 3.29. The third kappa shape index (κ3) is 6.35. The van der Waals surface area contributed by atoms with Crippen molar-refractivity contribution >= 4 is 21.8 Å². The van der Waals surface area contributed by atoms with E-state index in [1.807, 2.05) is 18.2 Å². The van der Waals surface area contributed by atoms with Gasteiger partial charge in [0.15, 0.2) is 0 Å². The molecule has 0 aliphatic rings. The molecule has 0 saturated heterocycles. The third-order valence-electron chi connectivity index (χ3n) is 1.99. The van der Waals surface area contributed by atoms with Gasteiger partial charge in [0.25, 0.3) is 0 Å². The summed E-state index contributed by atoms with van der Waals surface area (Å²) in [4.78, 5) is 15.6. The number of rotatable bonds is 7. The molecule has 0 bridgehead atoms. The molecule has 0 fully saturated rings. The number of aromatic nitrogens is 1. The van der Waals surface area contributed by atoms with Crippen molar-refractivity contribution in [2.45, 2.75) is 6.54 Å². The molecule has 0 aliphatic heterocycles. The zero-order valence-corrected chi connectivity index (χ0v) is 11.3. The van der Waals surface area contributed by atoms with Gasteiger partial charge < -0.3 is 15.4 Å². The van der Waals surface area contributed by atoms with Gasteiger partial charge in [0.1, 0.15) is 4.60 Å². The molecule has 1 aromatic heterocycles. The molecule has 94 valence electrons. The standard InChI is InChI=1S/C11H16BrN3O2/c1-17-6-5-14-11(16)8-13-7-9-3-2-4-10(12)15-9/h2-4,13H,5-8H2,1H3,(H,14,16). The molecule has 0 aliphatic carbocycles. The largest absolute Gasteiger partial charge is 0.383 e. The maximum absolute atomic E-state index is 11.3. The number of hydrogen-bond acceptors (Lipinski definition) is 4. The van der Waals surface area contributed by atoms with Gasteiger partial charge in [-0.2, -0.15) is 0 Å². The van der Waals surface area contributed by atoms with Crippen molar-refractivity contribution in [2.24, 2.45) is 0 Å². The van der Waals surface area contributed by atoms with E-state index in [-0.39, 0.29) is 12.5 Å². The fourth-order valence-corrected chi connectivity index (χ4v) is 1.59. The van der Waals surface area contributed by atoms with Gasteiger partial charge in [0, 0.05) is 20.2 Å². The quantitative estimate of drug-likeness (QED) is 0.575. The zero-order chi connectivity index (χ0) is 12.5. The number of amides is 1. The Morgan fingerprint density at radius 3 is 3.06 bits per heavy atom. The molecule has 0 spiro atoms. The molecular weight excluding hydrogens is 286 g/mol. The van der Waals surface area contributed by atoms with Crippen molar-refractivity contribution in [3.05, 3.63) is 28.5 Å². The summed E-state index contributed by atoms with van der Waals surface area (Å²) < 4.78 is 5.62. The van der Waals surface area contributed by atoms with Crippen molar-refractivity contribution in [1.82, 2.24) is 15.6 Å². The number of halogens is 1. The lowest BCUT2D eigenvalue weighted by Gasteiger charge is -2.06. The topological polar surface area (TPSA) is 63.2 Å². The fraction of sp³-hybridized carbons (Fsp3) is 0.455. The molecular formula is C11H16BrN3O2. The second-order valence-electron chi connectivity index (χ2n) is 3.40. The maximum atomic E-state index is 11.3. The normalized spacial score (nSPS) is 10.2. The van der Waals surface area contributed by atoms with Gasteiger partial charge in [0.05, 0.1) is 18.8 Å². The third-order valence-corrected chi connectivity index (χ3v) is 2.43. The predicted octanol–water partition coefficient (Wildman–Crippen LogP) is 0.696. The first-order valence-electron chi connectivity index (χ1n) is 5.30. The average Bonchev–Trinajstić information content (AvgIpc) is 2.29. The SMILES string of the molecule is COCCNC(=O)CNCc1cccc(Br)n1. The lowest BCUT2D eigenvalue weighted by molar-refractivity contribution is -0.120. The summed E-state index contributed by atoms with van der Waals surface area (Å²) in [5, 5.41) is 5.74. The van der Waals surface area contributed by atoms with Crippen molar-refractivity contribution in [3.63, 3.8) is 0 Å². The predicted molar refractivity (Wildman–Crippen MR) is 68.5 cm³/mol. The van der Waals surface area contributed by atoms with Gasteiger partial charge in [-0.25, -0.2) is 4.98 Å². The summed E-state index contributed by atoms with van der Waals surface area (Å²) in [6.07, 6.45) is 0. The summed E-state index contributed by atoms with van der Waals surface area (Å²) in [6.45, 7) is 1.90. The van der Waals surface area contributed by atoms with E-state index in [1.165, 1.54) is 0 Å². The van der Waals surface area contributed by atoms with Gasteiger partial charge >= 0.3 is 0 Å². The van der Waals surface area contributed by atoms with Crippen LogP contribution in [0.4, 0.5) is 0 Å². The van der Waals surface area contributed by atoms with Crippen LogP contribution in [0.1, 0.15) is 5.69 Å². The average molecular weight is 302 g/mol. The molecule has 1 amide bonds. The highest BCUT2D eigenvalue weighted by atomic mass is 79.9. The summed E-state index contributed by atoms with van der Waals surface area (Å²) in [7, 11) is 1.60. The van der Waals surface area contributed by atoms with Gasteiger partial charge in [-0.15, -0.1) is 0 Å². The lowest BCUT2D eigenvalue weighted by atomic mass is 10.3. The minimum atomic E-state index is -0.0444. The van der Waals surface area contributed by atoms with Crippen LogP contribution < -0.4 is 10.6 Å². The van der Waals surface area contributed by atoms with Crippen LogP contribution >= 0.6 is 15.9 Å². The monoisotopic (exact) mass is 301 g/mol. The van der Waals surface area contributed by atoms with E-state index in [2.05, 4.69) is 31.5 Å². The molecule has 0 aromatic carbocycles. The van der Waals surface area contributed by atoms with Gasteiger partial charge in [-0.05, 0) is 28.1 Å². The number of ether oxygens (including phenoxy) is 1. The molecule has 17 heavy (non-hydrogen) atoms. The van der Waals surface area contributed by atoms with Crippen LogP contribution in [0, 0.1) is 0 Å². The second-order valence-corrected chi connectivity index (χ2v) is 4.21.